The van der Waals surface area contributed by atoms with Crippen molar-refractivity contribution in [3.63, 3.8) is 0 Å². The number of ether oxygens (including phenoxy) is 4. The van der Waals surface area contributed by atoms with Crippen molar-refractivity contribution in [2.45, 2.75) is 26.9 Å². The Morgan fingerprint density at radius 3 is 2.34 bits per heavy atom. The average molecular weight is 585 g/mol. The molecular formula is C28H29BrN2O7. The average Bonchev–Trinajstić information content (AvgIpc) is 2.91. The van der Waals surface area contributed by atoms with Crippen LogP contribution in [0.25, 0.3) is 0 Å². The van der Waals surface area contributed by atoms with E-state index in [9.17, 15) is 9.59 Å². The van der Waals surface area contributed by atoms with Crippen LogP contribution in [0.15, 0.2) is 64.2 Å². The second-order valence-electron chi connectivity index (χ2n) is 7.97. The van der Waals surface area contributed by atoms with Gasteiger partial charge in [-0.25, -0.2) is 10.2 Å². The van der Waals surface area contributed by atoms with Gasteiger partial charge in [0.15, 0.2) is 23.0 Å². The molecule has 0 radical (unpaired) electrons. The summed E-state index contributed by atoms with van der Waals surface area (Å²) in [4.78, 5) is 23.7. The number of nitrogens with one attached hydrogen (secondary N) is 1. The Balaban J connectivity index is 1.67. The molecule has 0 aliphatic heterocycles. The summed E-state index contributed by atoms with van der Waals surface area (Å²) >= 11 is 3.49. The van der Waals surface area contributed by atoms with Gasteiger partial charge in [0.25, 0.3) is 5.91 Å². The van der Waals surface area contributed by atoms with E-state index in [1.807, 2.05) is 13.8 Å². The van der Waals surface area contributed by atoms with Gasteiger partial charge in [0.1, 0.15) is 6.61 Å². The van der Waals surface area contributed by atoms with Crippen molar-refractivity contribution in [1.29, 1.82) is 0 Å². The number of benzene rings is 3. The zero-order chi connectivity index (χ0) is 27.5. The topological polar surface area (TPSA) is 116 Å². The minimum absolute atomic E-state index is 0.205. The van der Waals surface area contributed by atoms with Crippen LogP contribution in [0.4, 0.5) is 0 Å². The summed E-state index contributed by atoms with van der Waals surface area (Å²) in [6.45, 7) is 5.09. The Morgan fingerprint density at radius 2 is 1.68 bits per heavy atom. The van der Waals surface area contributed by atoms with Crippen LogP contribution in [-0.4, -0.2) is 43.5 Å². The second-order valence-corrected chi connectivity index (χ2v) is 8.82. The Bertz CT molecular complexity index is 1290. The second kappa shape index (κ2) is 14.0. The lowest BCUT2D eigenvalue weighted by Gasteiger charge is -2.14. The molecule has 0 saturated heterocycles. The summed E-state index contributed by atoms with van der Waals surface area (Å²) in [5.41, 5.74) is 4.56. The van der Waals surface area contributed by atoms with Crippen LogP contribution in [0.1, 0.15) is 52.1 Å². The largest absolute Gasteiger partial charge is 0.493 e. The molecule has 10 heteroatoms. The first-order chi connectivity index (χ1) is 18.4. The maximum atomic E-state index is 12.6. The van der Waals surface area contributed by atoms with Gasteiger partial charge in [-0.15, -0.1) is 0 Å². The SMILES string of the molecule is CCCOc1ccc(C(=O)N/N=C/c2cc(Br)c(OCc3ccc(C(=O)O)cc3)c(OC)c2)cc1OCC. The maximum Gasteiger partial charge on any atom is 0.335 e. The fourth-order valence-electron chi connectivity index (χ4n) is 3.33. The van der Waals surface area contributed by atoms with E-state index >= 15 is 0 Å². The molecule has 3 rings (SSSR count). The van der Waals surface area contributed by atoms with Crippen LogP contribution >= 0.6 is 15.9 Å². The van der Waals surface area contributed by atoms with Crippen LogP contribution in [0.5, 0.6) is 23.0 Å². The molecule has 3 aromatic rings. The van der Waals surface area contributed by atoms with E-state index in [2.05, 4.69) is 26.5 Å². The molecule has 0 atom stereocenters. The fourth-order valence-corrected chi connectivity index (χ4v) is 3.91. The zero-order valence-corrected chi connectivity index (χ0v) is 22.9. The first kappa shape index (κ1) is 28.5. The lowest BCUT2D eigenvalue weighted by atomic mass is 10.1. The van der Waals surface area contributed by atoms with Crippen molar-refractivity contribution < 1.29 is 33.6 Å². The number of methoxy groups -OCH3 is 1. The highest BCUT2D eigenvalue weighted by molar-refractivity contribution is 9.10. The van der Waals surface area contributed by atoms with Gasteiger partial charge in [0.2, 0.25) is 0 Å². The van der Waals surface area contributed by atoms with Crippen LogP contribution in [0.3, 0.4) is 0 Å². The monoisotopic (exact) mass is 584 g/mol. The predicted octanol–water partition coefficient (Wildman–Crippen LogP) is 5.69. The Hall–Kier alpha value is -4.05. The lowest BCUT2D eigenvalue weighted by Crippen LogP contribution is -2.17. The standard InChI is InChI=1S/C28H29BrN2O7/c1-4-12-37-23-11-10-21(15-24(23)36-5-2)27(32)31-30-16-19-13-22(29)26(25(14-19)35-3)38-17-18-6-8-20(9-7-18)28(33)34/h6-11,13-16H,4-5,12,17H2,1-3H3,(H,31,32)(H,33,34)/b30-16+. The van der Waals surface area contributed by atoms with Gasteiger partial charge in [0.05, 0.1) is 36.6 Å². The number of carboxylic acids is 1. The molecule has 38 heavy (non-hydrogen) atoms. The van der Waals surface area contributed by atoms with Gasteiger partial charge in [-0.2, -0.15) is 5.10 Å². The summed E-state index contributed by atoms with van der Waals surface area (Å²) in [6, 6.07) is 14.9. The van der Waals surface area contributed by atoms with Crippen molar-refractivity contribution in [2.75, 3.05) is 20.3 Å². The Kier molecular flexibility index (Phi) is 10.5. The number of amides is 1. The van der Waals surface area contributed by atoms with Gasteiger partial charge >= 0.3 is 5.97 Å². The van der Waals surface area contributed by atoms with Gasteiger partial charge in [-0.05, 0) is 82.9 Å². The van der Waals surface area contributed by atoms with E-state index < -0.39 is 11.9 Å². The number of carbonyl (C=O) groups excluding carboxylic acids is 1. The van der Waals surface area contributed by atoms with E-state index in [0.717, 1.165) is 12.0 Å². The number of halogens is 1. The first-order valence-electron chi connectivity index (χ1n) is 11.9. The highest BCUT2D eigenvalue weighted by Crippen LogP contribution is 2.37. The number of nitrogens with zero attached hydrogens (tertiary/aromatic N) is 1. The number of hydrogen-bond acceptors (Lipinski definition) is 7. The zero-order valence-electron chi connectivity index (χ0n) is 21.3. The lowest BCUT2D eigenvalue weighted by molar-refractivity contribution is 0.0696. The molecule has 9 nitrogen and oxygen atoms in total. The third-order valence-corrected chi connectivity index (χ3v) is 5.77. The summed E-state index contributed by atoms with van der Waals surface area (Å²) in [5, 5.41) is 13.1. The molecule has 0 aliphatic rings. The van der Waals surface area contributed by atoms with Crippen molar-refractivity contribution in [2.24, 2.45) is 5.10 Å². The molecule has 1 amide bonds. The number of rotatable bonds is 13. The molecule has 0 unspecified atom stereocenters. The molecule has 0 bridgehead atoms. The maximum absolute atomic E-state index is 12.6. The molecule has 2 N–H and O–H groups in total. The minimum Gasteiger partial charge on any atom is -0.493 e. The van der Waals surface area contributed by atoms with Crippen LogP contribution in [0, 0.1) is 0 Å². The van der Waals surface area contributed by atoms with E-state index in [1.54, 1.807) is 42.5 Å². The minimum atomic E-state index is -0.986. The number of aromatic carboxylic acids is 1. The first-order valence-corrected chi connectivity index (χ1v) is 12.7. The number of carbonyl (C=O) groups is 2. The van der Waals surface area contributed by atoms with Crippen molar-refractivity contribution in [1.82, 2.24) is 5.43 Å². The molecule has 3 aromatic carbocycles. The number of hydrogen-bond donors (Lipinski definition) is 2. The van der Waals surface area contributed by atoms with E-state index in [1.165, 1.54) is 25.5 Å². The van der Waals surface area contributed by atoms with Crippen molar-refractivity contribution in [3.8, 4) is 23.0 Å². The van der Waals surface area contributed by atoms with Gasteiger partial charge in [0, 0.05) is 5.56 Å². The molecule has 0 saturated carbocycles. The van der Waals surface area contributed by atoms with Gasteiger partial charge in [-0.1, -0.05) is 19.1 Å². The van der Waals surface area contributed by atoms with Gasteiger partial charge in [-0.3, -0.25) is 4.79 Å². The quantitative estimate of drug-likeness (QED) is 0.196. The predicted molar refractivity (Wildman–Crippen MR) is 147 cm³/mol. The summed E-state index contributed by atoms with van der Waals surface area (Å²) in [6.07, 6.45) is 2.35. The third kappa shape index (κ3) is 7.72. The van der Waals surface area contributed by atoms with E-state index in [4.69, 9.17) is 24.1 Å². The molecule has 0 spiro atoms. The normalized spacial score (nSPS) is 10.7. The number of carboxylic acid groups (broad SMARTS) is 1. The van der Waals surface area contributed by atoms with Crippen LogP contribution < -0.4 is 24.4 Å². The third-order valence-electron chi connectivity index (χ3n) is 5.18. The van der Waals surface area contributed by atoms with Crippen LogP contribution in [0.2, 0.25) is 0 Å². The summed E-state index contributed by atoms with van der Waals surface area (Å²) in [5.74, 6) is 0.637. The molecule has 0 aliphatic carbocycles. The molecule has 200 valence electrons. The Labute approximate surface area is 229 Å². The Morgan fingerprint density at radius 1 is 0.947 bits per heavy atom. The molecule has 0 aromatic heterocycles. The molecule has 0 fully saturated rings. The number of hydrazone groups is 1. The molecule has 0 heterocycles. The summed E-state index contributed by atoms with van der Waals surface area (Å²) < 4.78 is 23.3. The van der Waals surface area contributed by atoms with E-state index in [0.29, 0.717) is 51.8 Å². The van der Waals surface area contributed by atoms with Crippen molar-refractivity contribution >= 4 is 34.0 Å². The highest BCUT2D eigenvalue weighted by Gasteiger charge is 2.13. The smallest absolute Gasteiger partial charge is 0.335 e. The fraction of sp³-hybridized carbons (Fsp3) is 0.250. The van der Waals surface area contributed by atoms with Crippen LogP contribution in [-0.2, 0) is 6.61 Å². The highest BCUT2D eigenvalue weighted by atomic mass is 79.9. The summed E-state index contributed by atoms with van der Waals surface area (Å²) in [7, 11) is 1.52. The van der Waals surface area contributed by atoms with E-state index in [-0.39, 0.29) is 12.2 Å². The van der Waals surface area contributed by atoms with Gasteiger partial charge < -0.3 is 24.1 Å². The molecular weight excluding hydrogens is 556 g/mol. The van der Waals surface area contributed by atoms with Crippen molar-refractivity contribution in [3.05, 3.63) is 81.3 Å².